The Labute approximate surface area is 265 Å². The molecule has 0 bridgehead atoms. The minimum atomic E-state index is -0.559. The van der Waals surface area contributed by atoms with Crippen molar-refractivity contribution < 1.29 is 23.4 Å². The van der Waals surface area contributed by atoms with Crippen LogP contribution in [-0.4, -0.2) is 34.6 Å². The highest BCUT2D eigenvalue weighted by atomic mass is 16.6. The standard InChI is InChI=1S/C38H40N2O5/c1-28-35(39-37(43-28)31-13-7-5-8-14-31)22-23-42-34-17-11-12-30(24-34)26-40(27-36(41)45-38(2,3)4)25-29-18-20-33(21-19-29)44-32-15-9-6-10-16-32/h5-21,24H,22-23,25-27H2,1-4H3. The van der Waals surface area contributed by atoms with E-state index < -0.39 is 5.60 Å². The number of aryl methyl sites for hydroxylation is 1. The number of hydrogen-bond donors (Lipinski definition) is 0. The third kappa shape index (κ3) is 9.81. The van der Waals surface area contributed by atoms with Gasteiger partial charge in [0.05, 0.1) is 18.8 Å². The lowest BCUT2D eigenvalue weighted by Gasteiger charge is -2.25. The summed E-state index contributed by atoms with van der Waals surface area (Å²) in [6.07, 6.45) is 0.626. The summed E-state index contributed by atoms with van der Waals surface area (Å²) >= 11 is 0. The van der Waals surface area contributed by atoms with Crippen LogP contribution in [0.4, 0.5) is 0 Å². The van der Waals surface area contributed by atoms with Gasteiger partial charge >= 0.3 is 5.97 Å². The van der Waals surface area contributed by atoms with E-state index in [2.05, 4.69) is 9.88 Å². The normalized spacial score (nSPS) is 11.4. The Morgan fingerprint density at radius 2 is 1.42 bits per heavy atom. The zero-order valence-electron chi connectivity index (χ0n) is 26.4. The monoisotopic (exact) mass is 604 g/mol. The highest BCUT2D eigenvalue weighted by molar-refractivity contribution is 5.72. The molecule has 0 unspecified atom stereocenters. The highest BCUT2D eigenvalue weighted by Crippen LogP contribution is 2.24. The molecule has 4 aromatic carbocycles. The van der Waals surface area contributed by atoms with Crippen molar-refractivity contribution >= 4 is 5.97 Å². The molecule has 5 aromatic rings. The molecule has 0 amide bonds. The molecule has 45 heavy (non-hydrogen) atoms. The number of rotatable bonds is 13. The van der Waals surface area contributed by atoms with Crippen molar-refractivity contribution in [2.45, 2.75) is 52.8 Å². The molecule has 0 N–H and O–H groups in total. The first-order valence-corrected chi connectivity index (χ1v) is 15.2. The number of nitrogens with zero attached hydrogens (tertiary/aromatic N) is 2. The highest BCUT2D eigenvalue weighted by Gasteiger charge is 2.20. The maximum absolute atomic E-state index is 12.8. The van der Waals surface area contributed by atoms with Gasteiger partial charge in [0, 0.05) is 25.1 Å². The lowest BCUT2D eigenvalue weighted by atomic mass is 10.1. The summed E-state index contributed by atoms with van der Waals surface area (Å²) in [5.41, 5.74) is 3.37. The van der Waals surface area contributed by atoms with Gasteiger partial charge in [-0.15, -0.1) is 0 Å². The molecule has 0 saturated carbocycles. The predicted octanol–water partition coefficient (Wildman–Crippen LogP) is 8.41. The van der Waals surface area contributed by atoms with E-state index in [9.17, 15) is 4.79 Å². The second-order valence-corrected chi connectivity index (χ2v) is 11.9. The van der Waals surface area contributed by atoms with E-state index in [1.54, 1.807) is 0 Å². The smallest absolute Gasteiger partial charge is 0.320 e. The number of benzene rings is 4. The van der Waals surface area contributed by atoms with Crippen LogP contribution in [-0.2, 0) is 29.0 Å². The fraction of sp³-hybridized carbons (Fsp3) is 0.263. The second-order valence-electron chi connectivity index (χ2n) is 11.9. The number of aromatic nitrogens is 1. The molecule has 1 heterocycles. The Balaban J connectivity index is 1.22. The molecule has 0 saturated heterocycles. The van der Waals surface area contributed by atoms with E-state index >= 15 is 0 Å². The number of ether oxygens (including phenoxy) is 3. The maximum Gasteiger partial charge on any atom is 0.320 e. The van der Waals surface area contributed by atoms with Gasteiger partial charge in [0.1, 0.15) is 28.6 Å². The van der Waals surface area contributed by atoms with Crippen molar-refractivity contribution in [2.75, 3.05) is 13.2 Å². The van der Waals surface area contributed by atoms with Gasteiger partial charge in [0.2, 0.25) is 5.89 Å². The van der Waals surface area contributed by atoms with Crippen molar-refractivity contribution in [3.63, 3.8) is 0 Å². The van der Waals surface area contributed by atoms with Crippen LogP contribution in [0.1, 0.15) is 43.4 Å². The van der Waals surface area contributed by atoms with Crippen LogP contribution >= 0.6 is 0 Å². The predicted molar refractivity (Wildman–Crippen MR) is 175 cm³/mol. The molecule has 0 aliphatic rings. The lowest BCUT2D eigenvalue weighted by molar-refractivity contribution is -0.156. The number of carbonyl (C=O) groups is 1. The van der Waals surface area contributed by atoms with Gasteiger partial charge in [0.15, 0.2) is 0 Å². The lowest BCUT2D eigenvalue weighted by Crippen LogP contribution is -2.34. The number of carbonyl (C=O) groups excluding carboxylic acids is 1. The topological polar surface area (TPSA) is 74.0 Å². The van der Waals surface area contributed by atoms with Crippen molar-refractivity contribution in [1.29, 1.82) is 0 Å². The van der Waals surface area contributed by atoms with E-state index in [1.165, 1.54) is 0 Å². The van der Waals surface area contributed by atoms with E-state index in [0.717, 1.165) is 45.4 Å². The molecular formula is C38H40N2O5. The zero-order chi connectivity index (χ0) is 31.6. The van der Waals surface area contributed by atoms with Gasteiger partial charge in [-0.1, -0.05) is 60.7 Å². The van der Waals surface area contributed by atoms with Crippen LogP contribution in [0.25, 0.3) is 11.5 Å². The summed E-state index contributed by atoms with van der Waals surface area (Å²) in [5.74, 6) is 3.45. The van der Waals surface area contributed by atoms with Gasteiger partial charge in [-0.25, -0.2) is 4.98 Å². The SMILES string of the molecule is Cc1oc(-c2ccccc2)nc1CCOc1cccc(CN(CC(=O)OC(C)(C)C)Cc2ccc(Oc3ccccc3)cc2)c1. The minimum absolute atomic E-state index is 0.153. The van der Waals surface area contributed by atoms with Crippen LogP contribution in [0.5, 0.6) is 17.2 Å². The average Bonchev–Trinajstić information content (AvgIpc) is 3.38. The van der Waals surface area contributed by atoms with Crippen LogP contribution < -0.4 is 9.47 Å². The Morgan fingerprint density at radius 3 is 2.13 bits per heavy atom. The summed E-state index contributed by atoms with van der Waals surface area (Å²) in [6.45, 7) is 9.29. The molecule has 0 radical (unpaired) electrons. The van der Waals surface area contributed by atoms with Gasteiger partial charge in [-0.3, -0.25) is 9.69 Å². The molecule has 7 nitrogen and oxygen atoms in total. The summed E-state index contributed by atoms with van der Waals surface area (Å²) < 4.78 is 23.6. The Bertz CT molecular complexity index is 1660. The van der Waals surface area contributed by atoms with Crippen molar-refractivity contribution in [3.8, 4) is 28.7 Å². The number of esters is 1. The van der Waals surface area contributed by atoms with Crippen LogP contribution in [0, 0.1) is 6.92 Å². The Hall–Kier alpha value is -4.88. The van der Waals surface area contributed by atoms with E-state index in [-0.39, 0.29) is 12.5 Å². The third-order valence-corrected chi connectivity index (χ3v) is 6.91. The van der Waals surface area contributed by atoms with Crippen molar-refractivity contribution in [3.05, 3.63) is 132 Å². The van der Waals surface area contributed by atoms with E-state index in [0.29, 0.717) is 32.0 Å². The van der Waals surface area contributed by atoms with Gasteiger partial charge in [-0.05, 0) is 87.4 Å². The first-order valence-electron chi connectivity index (χ1n) is 15.2. The molecule has 0 spiro atoms. The van der Waals surface area contributed by atoms with Gasteiger partial charge in [0.25, 0.3) is 0 Å². The Morgan fingerprint density at radius 1 is 0.778 bits per heavy atom. The minimum Gasteiger partial charge on any atom is -0.493 e. The molecule has 5 rings (SSSR count). The molecule has 232 valence electrons. The van der Waals surface area contributed by atoms with Crippen LogP contribution in [0.2, 0.25) is 0 Å². The van der Waals surface area contributed by atoms with Crippen LogP contribution in [0.15, 0.2) is 114 Å². The summed E-state index contributed by atoms with van der Waals surface area (Å²) in [4.78, 5) is 19.6. The zero-order valence-corrected chi connectivity index (χ0v) is 26.4. The average molecular weight is 605 g/mol. The molecule has 7 heteroatoms. The van der Waals surface area contributed by atoms with Crippen LogP contribution in [0.3, 0.4) is 0 Å². The molecule has 0 aliphatic heterocycles. The number of hydrogen-bond acceptors (Lipinski definition) is 7. The summed E-state index contributed by atoms with van der Waals surface area (Å²) in [7, 11) is 0. The summed E-state index contributed by atoms with van der Waals surface area (Å²) in [5, 5.41) is 0. The van der Waals surface area contributed by atoms with Gasteiger partial charge < -0.3 is 18.6 Å². The maximum atomic E-state index is 12.8. The molecular weight excluding hydrogens is 564 g/mol. The van der Waals surface area contributed by atoms with Crippen molar-refractivity contribution in [2.24, 2.45) is 0 Å². The van der Waals surface area contributed by atoms with E-state index in [1.807, 2.05) is 137 Å². The first kappa shape index (κ1) is 31.5. The quantitative estimate of drug-likeness (QED) is 0.125. The summed E-state index contributed by atoms with van der Waals surface area (Å²) in [6, 6.07) is 35.5. The van der Waals surface area contributed by atoms with Crippen molar-refractivity contribution in [1.82, 2.24) is 9.88 Å². The molecule has 1 aromatic heterocycles. The fourth-order valence-corrected chi connectivity index (χ4v) is 4.89. The third-order valence-electron chi connectivity index (χ3n) is 6.91. The second kappa shape index (κ2) is 14.7. The molecule has 0 fully saturated rings. The molecule has 0 atom stereocenters. The fourth-order valence-electron chi connectivity index (χ4n) is 4.89. The Kier molecular flexibility index (Phi) is 10.3. The molecule has 0 aliphatic carbocycles. The number of para-hydroxylation sites is 1. The first-order chi connectivity index (χ1) is 21.7. The van der Waals surface area contributed by atoms with Gasteiger partial charge in [-0.2, -0.15) is 0 Å². The number of oxazole rings is 1. The van der Waals surface area contributed by atoms with E-state index in [4.69, 9.17) is 18.6 Å². The largest absolute Gasteiger partial charge is 0.493 e.